The van der Waals surface area contributed by atoms with E-state index in [-0.39, 0.29) is 10.8 Å². The predicted molar refractivity (Wildman–Crippen MR) is 70.7 cm³/mol. The first-order valence-corrected chi connectivity index (χ1v) is 7.73. The van der Waals surface area contributed by atoms with E-state index in [1.165, 1.54) is 19.9 Å². The SMILES string of the molecule is Cc1cc(S(=O)(=O)NCC(C)(C)C(=O)O)sc1Cl. The van der Waals surface area contributed by atoms with Gasteiger partial charge >= 0.3 is 5.97 Å². The van der Waals surface area contributed by atoms with Crippen molar-refractivity contribution < 1.29 is 18.3 Å². The molecule has 0 aliphatic carbocycles. The molecule has 0 aromatic carbocycles. The van der Waals surface area contributed by atoms with Gasteiger partial charge in [-0.15, -0.1) is 11.3 Å². The topological polar surface area (TPSA) is 83.5 Å². The number of hydrogen-bond acceptors (Lipinski definition) is 4. The van der Waals surface area contributed by atoms with Crippen molar-refractivity contribution in [3.05, 3.63) is 16.0 Å². The predicted octanol–water partition coefficient (Wildman–Crippen LogP) is 2.10. The fourth-order valence-corrected chi connectivity index (χ4v) is 3.95. The highest BCUT2D eigenvalue weighted by Crippen LogP contribution is 2.30. The second kappa shape index (κ2) is 5.16. The summed E-state index contributed by atoms with van der Waals surface area (Å²) in [6, 6.07) is 1.46. The third-order valence-corrected chi connectivity index (χ3v) is 5.81. The maximum Gasteiger partial charge on any atom is 0.310 e. The number of aliphatic carboxylic acids is 1. The molecule has 0 amide bonds. The summed E-state index contributed by atoms with van der Waals surface area (Å²) in [6.07, 6.45) is 0. The Morgan fingerprint density at radius 2 is 2.11 bits per heavy atom. The van der Waals surface area contributed by atoms with Crippen molar-refractivity contribution in [3.8, 4) is 0 Å². The highest BCUT2D eigenvalue weighted by molar-refractivity contribution is 7.91. The van der Waals surface area contributed by atoms with Gasteiger partial charge in [0.2, 0.25) is 10.0 Å². The lowest BCUT2D eigenvalue weighted by Crippen LogP contribution is -2.38. The van der Waals surface area contributed by atoms with E-state index in [4.69, 9.17) is 16.7 Å². The minimum absolute atomic E-state index is 0.0891. The summed E-state index contributed by atoms with van der Waals surface area (Å²) >= 11 is 6.76. The molecule has 1 rings (SSSR count). The molecule has 0 saturated carbocycles. The van der Waals surface area contributed by atoms with Crippen LogP contribution in [0.4, 0.5) is 0 Å². The zero-order valence-corrected chi connectivity index (χ0v) is 12.5. The Morgan fingerprint density at radius 3 is 2.50 bits per heavy atom. The van der Waals surface area contributed by atoms with Crippen molar-refractivity contribution in [1.82, 2.24) is 4.72 Å². The van der Waals surface area contributed by atoms with Gasteiger partial charge in [-0.05, 0) is 32.4 Å². The molecule has 8 heteroatoms. The van der Waals surface area contributed by atoms with E-state index >= 15 is 0 Å². The van der Waals surface area contributed by atoms with Crippen LogP contribution in [0.15, 0.2) is 10.3 Å². The molecule has 18 heavy (non-hydrogen) atoms. The Bertz CT molecular complexity index is 543. The Morgan fingerprint density at radius 1 is 1.56 bits per heavy atom. The first-order chi connectivity index (χ1) is 8.06. The van der Waals surface area contributed by atoms with E-state index in [2.05, 4.69) is 4.72 Å². The molecule has 0 fully saturated rings. The second-order valence-corrected chi connectivity index (χ2v) is 8.18. The van der Waals surface area contributed by atoms with Gasteiger partial charge in [0.15, 0.2) is 0 Å². The Labute approximate surface area is 115 Å². The monoisotopic (exact) mass is 311 g/mol. The molecule has 0 radical (unpaired) electrons. The molecule has 1 aromatic heterocycles. The molecule has 1 heterocycles. The second-order valence-electron chi connectivity index (χ2n) is 4.54. The van der Waals surface area contributed by atoms with E-state index < -0.39 is 21.4 Å². The number of carboxylic acids is 1. The normalized spacial score (nSPS) is 12.7. The maximum absolute atomic E-state index is 11.9. The molecular weight excluding hydrogens is 298 g/mol. The molecule has 0 atom stereocenters. The number of nitrogens with one attached hydrogen (secondary N) is 1. The average molecular weight is 312 g/mol. The van der Waals surface area contributed by atoms with Gasteiger partial charge in [-0.1, -0.05) is 11.6 Å². The molecule has 0 aliphatic heterocycles. The summed E-state index contributed by atoms with van der Waals surface area (Å²) < 4.78 is 26.6. The lowest BCUT2D eigenvalue weighted by molar-refractivity contribution is -0.146. The van der Waals surface area contributed by atoms with Crippen LogP contribution < -0.4 is 4.72 Å². The summed E-state index contributed by atoms with van der Waals surface area (Å²) in [5.74, 6) is -1.06. The molecule has 1 aromatic rings. The Kier molecular flexibility index (Phi) is 4.42. The number of hydrogen-bond donors (Lipinski definition) is 2. The molecule has 0 aliphatic rings. The van der Waals surface area contributed by atoms with E-state index in [1.54, 1.807) is 6.92 Å². The Balaban J connectivity index is 2.87. The van der Waals surface area contributed by atoms with Crippen LogP contribution in [0.25, 0.3) is 0 Å². The average Bonchev–Trinajstić information content (AvgIpc) is 2.57. The number of carbonyl (C=O) groups is 1. The highest BCUT2D eigenvalue weighted by Gasteiger charge is 2.30. The number of rotatable bonds is 5. The number of thiophene rings is 1. The summed E-state index contributed by atoms with van der Waals surface area (Å²) in [6.45, 7) is 4.42. The fourth-order valence-electron chi connectivity index (χ4n) is 0.986. The summed E-state index contributed by atoms with van der Waals surface area (Å²) in [7, 11) is -3.71. The molecule has 102 valence electrons. The van der Waals surface area contributed by atoms with Crippen LogP contribution in [-0.4, -0.2) is 26.0 Å². The zero-order chi connectivity index (χ0) is 14.1. The van der Waals surface area contributed by atoms with Crippen LogP contribution in [0.3, 0.4) is 0 Å². The van der Waals surface area contributed by atoms with Gasteiger partial charge < -0.3 is 5.11 Å². The molecular formula is C10H14ClNO4S2. The molecule has 0 saturated heterocycles. The summed E-state index contributed by atoms with van der Waals surface area (Å²) in [4.78, 5) is 10.9. The molecule has 2 N–H and O–H groups in total. The van der Waals surface area contributed by atoms with Crippen molar-refractivity contribution in [2.45, 2.75) is 25.0 Å². The van der Waals surface area contributed by atoms with Crippen LogP contribution in [0, 0.1) is 12.3 Å². The van der Waals surface area contributed by atoms with Gasteiger partial charge in [0.25, 0.3) is 0 Å². The first-order valence-electron chi connectivity index (χ1n) is 5.05. The largest absolute Gasteiger partial charge is 0.481 e. The van der Waals surface area contributed by atoms with Gasteiger partial charge in [-0.2, -0.15) is 0 Å². The Hall–Kier alpha value is -0.630. The van der Waals surface area contributed by atoms with E-state index in [1.807, 2.05) is 0 Å². The standard InChI is InChI=1S/C10H14ClNO4S2/c1-6-4-7(17-8(6)11)18(15,16)12-5-10(2,3)9(13)14/h4,12H,5H2,1-3H3,(H,13,14). The van der Waals surface area contributed by atoms with Gasteiger partial charge in [-0.3, -0.25) is 4.79 Å². The molecule has 0 bridgehead atoms. The van der Waals surface area contributed by atoms with Gasteiger partial charge in [0.1, 0.15) is 4.21 Å². The zero-order valence-electron chi connectivity index (χ0n) is 10.2. The number of sulfonamides is 1. The van der Waals surface area contributed by atoms with Crippen LogP contribution >= 0.6 is 22.9 Å². The minimum Gasteiger partial charge on any atom is -0.481 e. The quantitative estimate of drug-likeness (QED) is 0.872. The number of aryl methyl sites for hydroxylation is 1. The van der Waals surface area contributed by atoms with E-state index in [0.29, 0.717) is 9.90 Å². The van der Waals surface area contributed by atoms with Crippen LogP contribution in [0.5, 0.6) is 0 Å². The molecule has 5 nitrogen and oxygen atoms in total. The van der Waals surface area contributed by atoms with Gasteiger partial charge in [0, 0.05) is 6.54 Å². The number of halogens is 1. The third kappa shape index (κ3) is 3.44. The molecule has 0 spiro atoms. The van der Waals surface area contributed by atoms with Crippen LogP contribution in [0.2, 0.25) is 4.34 Å². The van der Waals surface area contributed by atoms with Gasteiger partial charge in [-0.25, -0.2) is 13.1 Å². The lowest BCUT2D eigenvalue weighted by atomic mass is 9.95. The van der Waals surface area contributed by atoms with Crippen molar-refractivity contribution in [2.75, 3.05) is 6.54 Å². The van der Waals surface area contributed by atoms with Crippen molar-refractivity contribution in [1.29, 1.82) is 0 Å². The minimum atomic E-state index is -3.71. The summed E-state index contributed by atoms with van der Waals surface area (Å²) in [5, 5.41) is 8.90. The maximum atomic E-state index is 11.9. The van der Waals surface area contributed by atoms with E-state index in [9.17, 15) is 13.2 Å². The van der Waals surface area contributed by atoms with Gasteiger partial charge in [0.05, 0.1) is 9.75 Å². The highest BCUT2D eigenvalue weighted by atomic mass is 35.5. The third-order valence-electron chi connectivity index (χ3n) is 2.38. The van der Waals surface area contributed by atoms with E-state index in [0.717, 1.165) is 11.3 Å². The van der Waals surface area contributed by atoms with Crippen LogP contribution in [-0.2, 0) is 14.8 Å². The summed E-state index contributed by atoms with van der Waals surface area (Å²) in [5.41, 5.74) is -0.483. The van der Waals surface area contributed by atoms with Crippen LogP contribution in [0.1, 0.15) is 19.4 Å². The fraction of sp³-hybridized carbons (Fsp3) is 0.500. The first kappa shape index (κ1) is 15.4. The lowest BCUT2D eigenvalue weighted by Gasteiger charge is -2.18. The van der Waals surface area contributed by atoms with Crippen molar-refractivity contribution in [3.63, 3.8) is 0 Å². The van der Waals surface area contributed by atoms with Crippen molar-refractivity contribution in [2.24, 2.45) is 5.41 Å². The molecule has 0 unspecified atom stereocenters. The smallest absolute Gasteiger partial charge is 0.310 e. The van der Waals surface area contributed by atoms with Crippen molar-refractivity contribution >= 4 is 38.9 Å². The number of carboxylic acid groups (broad SMARTS) is 1.